The van der Waals surface area contributed by atoms with Crippen LogP contribution in [0.5, 0.6) is 0 Å². The van der Waals surface area contributed by atoms with Gasteiger partial charge in [0.25, 0.3) is 0 Å². The van der Waals surface area contributed by atoms with Gasteiger partial charge in [-0.25, -0.2) is 13.2 Å². The van der Waals surface area contributed by atoms with E-state index in [0.717, 1.165) is 11.3 Å². The molecule has 0 aliphatic carbocycles. The molecule has 8 nitrogen and oxygen atoms in total. The van der Waals surface area contributed by atoms with Gasteiger partial charge in [0.1, 0.15) is 5.75 Å². The lowest BCUT2D eigenvalue weighted by atomic mass is 10.1. The van der Waals surface area contributed by atoms with E-state index in [1.807, 2.05) is 25.1 Å². The minimum atomic E-state index is -3.85. The second-order valence-electron chi connectivity index (χ2n) is 8.11. The Kier molecular flexibility index (Phi) is 5.81. The van der Waals surface area contributed by atoms with Gasteiger partial charge in [0.05, 0.1) is 15.9 Å². The van der Waals surface area contributed by atoms with Crippen molar-refractivity contribution in [1.29, 1.82) is 0 Å². The van der Waals surface area contributed by atoms with Crippen LogP contribution in [-0.4, -0.2) is 60.3 Å². The first-order chi connectivity index (χ1) is 15.1. The van der Waals surface area contributed by atoms with Gasteiger partial charge in [-0.05, 0) is 42.8 Å². The molecule has 0 unspecified atom stereocenters. The molecule has 0 saturated carbocycles. The number of carbonyl (C=O) groups is 1. The predicted octanol–water partition coefficient (Wildman–Crippen LogP) is 1.96. The van der Waals surface area contributed by atoms with E-state index in [2.05, 4.69) is 4.90 Å². The molecule has 1 fully saturated rings. The summed E-state index contributed by atoms with van der Waals surface area (Å²) in [6, 6.07) is 10.2. The number of rotatable bonds is 4. The molecule has 1 aliphatic rings. The average Bonchev–Trinajstić information content (AvgIpc) is 2.99. The van der Waals surface area contributed by atoms with Crippen molar-refractivity contribution < 1.29 is 13.2 Å². The van der Waals surface area contributed by atoms with Crippen molar-refractivity contribution in [3.63, 3.8) is 0 Å². The minimum Gasteiger partial charge on any atom is -0.368 e. The number of amides is 1. The molecule has 1 saturated heterocycles. The molecule has 2 heterocycles. The fraction of sp³-hybridized carbons (Fsp3) is 0.364. The largest absolute Gasteiger partial charge is 0.368 e. The number of aryl methyl sites for hydroxylation is 3. The fourth-order valence-corrected chi connectivity index (χ4v) is 5.54. The number of benzene rings is 2. The number of hydrogen-bond acceptors (Lipinski definition) is 5. The number of nitrogens with zero attached hydrogens (tertiary/aromatic N) is 4. The van der Waals surface area contributed by atoms with Crippen molar-refractivity contribution in [2.45, 2.75) is 11.8 Å². The van der Waals surface area contributed by atoms with Crippen LogP contribution in [0.3, 0.4) is 0 Å². The van der Waals surface area contributed by atoms with Gasteiger partial charge in [0.15, 0.2) is 9.84 Å². The Balaban J connectivity index is 1.47. The molecule has 170 valence electrons. The van der Waals surface area contributed by atoms with Crippen LogP contribution in [0.2, 0.25) is 5.02 Å². The van der Waals surface area contributed by atoms with Gasteiger partial charge in [-0.2, -0.15) is 0 Å². The third-order valence-corrected chi connectivity index (χ3v) is 7.89. The van der Waals surface area contributed by atoms with Gasteiger partial charge in [0, 0.05) is 51.0 Å². The van der Waals surface area contributed by atoms with Gasteiger partial charge >= 0.3 is 5.69 Å². The Morgan fingerprint density at radius 1 is 0.969 bits per heavy atom. The molecule has 0 radical (unpaired) electrons. The van der Waals surface area contributed by atoms with Crippen molar-refractivity contribution >= 4 is 44.1 Å². The molecule has 4 rings (SSSR count). The number of sulfone groups is 1. The first kappa shape index (κ1) is 22.4. The summed E-state index contributed by atoms with van der Waals surface area (Å²) in [6.45, 7) is 4.09. The summed E-state index contributed by atoms with van der Waals surface area (Å²) < 4.78 is 28.7. The topological polar surface area (TPSA) is 84.6 Å². The normalized spacial score (nSPS) is 14.9. The van der Waals surface area contributed by atoms with Crippen LogP contribution in [0.15, 0.2) is 46.1 Å². The number of halogens is 1. The van der Waals surface area contributed by atoms with Gasteiger partial charge < -0.3 is 9.80 Å². The third kappa shape index (κ3) is 4.02. The van der Waals surface area contributed by atoms with Crippen LogP contribution in [-0.2, 0) is 28.7 Å². The highest BCUT2D eigenvalue weighted by Gasteiger charge is 2.27. The predicted molar refractivity (Wildman–Crippen MR) is 125 cm³/mol. The Bertz CT molecular complexity index is 1370. The van der Waals surface area contributed by atoms with Crippen molar-refractivity contribution in [3.8, 4) is 0 Å². The molecular weight excluding hydrogens is 452 g/mol. The lowest BCUT2D eigenvalue weighted by Crippen LogP contribution is -2.50. The summed E-state index contributed by atoms with van der Waals surface area (Å²) in [6.07, 6.45) is 0. The number of carbonyl (C=O) groups excluding carboxylic acids is 1. The summed E-state index contributed by atoms with van der Waals surface area (Å²) in [5.74, 6) is -1.02. The Morgan fingerprint density at radius 3 is 2.31 bits per heavy atom. The monoisotopic (exact) mass is 476 g/mol. The van der Waals surface area contributed by atoms with E-state index in [-0.39, 0.29) is 10.6 Å². The molecule has 32 heavy (non-hydrogen) atoms. The Labute approximate surface area is 191 Å². The molecule has 2 aromatic carbocycles. The highest BCUT2D eigenvalue weighted by atomic mass is 35.5. The van der Waals surface area contributed by atoms with E-state index in [1.165, 1.54) is 21.3 Å². The fourth-order valence-electron chi connectivity index (χ4n) is 4.14. The third-order valence-electron chi connectivity index (χ3n) is 6.06. The summed E-state index contributed by atoms with van der Waals surface area (Å²) in [5.41, 5.74) is 3.03. The zero-order valence-corrected chi connectivity index (χ0v) is 19.8. The molecule has 0 spiro atoms. The summed E-state index contributed by atoms with van der Waals surface area (Å²) in [7, 11) is -0.623. The molecule has 10 heteroatoms. The highest BCUT2D eigenvalue weighted by molar-refractivity contribution is 7.92. The highest BCUT2D eigenvalue weighted by Crippen LogP contribution is 2.25. The average molecular weight is 477 g/mol. The molecule has 0 bridgehead atoms. The summed E-state index contributed by atoms with van der Waals surface area (Å²) in [4.78, 5) is 28.7. The van der Waals surface area contributed by atoms with E-state index in [1.54, 1.807) is 25.1 Å². The molecule has 1 aliphatic heterocycles. The lowest BCUT2D eigenvalue weighted by Gasteiger charge is -2.36. The van der Waals surface area contributed by atoms with Crippen LogP contribution in [0, 0.1) is 6.92 Å². The van der Waals surface area contributed by atoms with Crippen molar-refractivity contribution in [3.05, 3.63) is 57.5 Å². The van der Waals surface area contributed by atoms with Gasteiger partial charge in [0.2, 0.25) is 5.91 Å². The Hall–Kier alpha value is -2.78. The maximum Gasteiger partial charge on any atom is 0.328 e. The van der Waals surface area contributed by atoms with E-state index in [0.29, 0.717) is 42.2 Å². The second kappa shape index (κ2) is 8.29. The van der Waals surface area contributed by atoms with Crippen LogP contribution in [0.25, 0.3) is 11.0 Å². The number of anilines is 1. The standard InChI is InChI=1S/C22H25ClN4O4S/c1-15-4-5-16(23)12-19(15)26-8-10-27(11-9-26)21(28)14-32(30,31)17-6-7-18-20(13-17)25(3)22(29)24(18)2/h4-7,12-13H,8-11,14H2,1-3H3. The minimum absolute atomic E-state index is 0.0349. The van der Waals surface area contributed by atoms with Gasteiger partial charge in [-0.3, -0.25) is 13.9 Å². The van der Waals surface area contributed by atoms with Crippen molar-refractivity contribution in [1.82, 2.24) is 14.0 Å². The zero-order chi connectivity index (χ0) is 23.2. The van der Waals surface area contributed by atoms with Gasteiger partial charge in [-0.1, -0.05) is 17.7 Å². The number of hydrogen-bond donors (Lipinski definition) is 0. The summed E-state index contributed by atoms with van der Waals surface area (Å²) >= 11 is 6.12. The summed E-state index contributed by atoms with van der Waals surface area (Å²) in [5, 5.41) is 0.656. The molecule has 1 aromatic heterocycles. The van der Waals surface area contributed by atoms with Crippen molar-refractivity contribution in [2.24, 2.45) is 14.1 Å². The maximum atomic E-state index is 12.9. The SMILES string of the molecule is Cc1ccc(Cl)cc1N1CCN(C(=O)CS(=O)(=O)c2ccc3c(c2)n(C)c(=O)n3C)CC1. The molecule has 0 atom stereocenters. The first-order valence-electron chi connectivity index (χ1n) is 10.3. The number of imidazole rings is 1. The van der Waals surface area contributed by atoms with E-state index in [9.17, 15) is 18.0 Å². The first-order valence-corrected chi connectivity index (χ1v) is 12.3. The van der Waals surface area contributed by atoms with Crippen LogP contribution in [0.1, 0.15) is 5.56 Å². The lowest BCUT2D eigenvalue weighted by molar-refractivity contribution is -0.128. The quantitative estimate of drug-likeness (QED) is 0.574. The van der Waals surface area contributed by atoms with E-state index in [4.69, 9.17) is 11.6 Å². The Morgan fingerprint density at radius 2 is 1.62 bits per heavy atom. The number of piperazine rings is 1. The maximum absolute atomic E-state index is 12.9. The second-order valence-corrected chi connectivity index (χ2v) is 10.5. The van der Waals surface area contributed by atoms with E-state index >= 15 is 0 Å². The van der Waals surface area contributed by atoms with E-state index < -0.39 is 21.5 Å². The molecular formula is C22H25ClN4O4S. The molecule has 0 N–H and O–H groups in total. The van der Waals surface area contributed by atoms with Gasteiger partial charge in [-0.15, -0.1) is 0 Å². The number of aromatic nitrogens is 2. The smallest absolute Gasteiger partial charge is 0.328 e. The van der Waals surface area contributed by atoms with Crippen LogP contribution < -0.4 is 10.6 Å². The van der Waals surface area contributed by atoms with Crippen molar-refractivity contribution in [2.75, 3.05) is 36.8 Å². The zero-order valence-electron chi connectivity index (χ0n) is 18.2. The number of fused-ring (bicyclic) bond motifs is 1. The molecule has 1 amide bonds. The van der Waals surface area contributed by atoms with Crippen LogP contribution in [0.4, 0.5) is 5.69 Å². The molecule has 3 aromatic rings. The van der Waals surface area contributed by atoms with Crippen LogP contribution >= 0.6 is 11.6 Å².